The van der Waals surface area contributed by atoms with E-state index in [2.05, 4.69) is 154 Å². The summed E-state index contributed by atoms with van der Waals surface area (Å²) in [6, 6.07) is 54.3. The molecule has 4 aromatic heterocycles. The average Bonchev–Trinajstić information content (AvgIpc) is 3.85. The van der Waals surface area contributed by atoms with Crippen LogP contribution in [-0.2, 0) is 5.41 Å². The molecule has 5 heterocycles. The first-order valence-corrected chi connectivity index (χ1v) is 18.8. The minimum atomic E-state index is -0.644. The highest BCUT2D eigenvalue weighted by Crippen LogP contribution is 2.62. The highest BCUT2D eigenvalue weighted by atomic mass is 32.2. The maximum Gasteiger partial charge on any atom is 0.188 e. The number of hydrogen-bond donors (Lipinski definition) is 0. The fourth-order valence-electron chi connectivity index (χ4n) is 9.36. The van der Waals surface area contributed by atoms with Gasteiger partial charge in [-0.2, -0.15) is 0 Å². The molecule has 0 N–H and O–H groups in total. The van der Waals surface area contributed by atoms with E-state index in [0.717, 1.165) is 55.7 Å². The molecule has 0 amide bonds. The first-order valence-electron chi connectivity index (χ1n) is 18.0. The highest BCUT2D eigenvalue weighted by molar-refractivity contribution is 7.99. The Balaban J connectivity index is 1.16. The Bertz CT molecular complexity index is 3240. The quantitative estimate of drug-likeness (QED) is 0.168. The maximum atomic E-state index is 7.70. The molecule has 1 unspecified atom stereocenters. The van der Waals surface area contributed by atoms with Crippen molar-refractivity contribution in [1.82, 2.24) is 19.1 Å². The molecule has 5 nitrogen and oxygen atoms in total. The molecule has 0 saturated heterocycles. The minimum absolute atomic E-state index is 0.631. The molecule has 1 spiro atoms. The van der Waals surface area contributed by atoms with Crippen molar-refractivity contribution in [2.24, 2.45) is 0 Å². The maximum absolute atomic E-state index is 7.70. The second-order valence-corrected chi connectivity index (χ2v) is 15.1. The van der Waals surface area contributed by atoms with Crippen molar-refractivity contribution < 1.29 is 0 Å². The smallest absolute Gasteiger partial charge is 0.188 e. The van der Waals surface area contributed by atoms with E-state index in [0.29, 0.717) is 5.69 Å². The molecule has 10 aromatic rings. The lowest BCUT2D eigenvalue weighted by Gasteiger charge is -2.39. The van der Waals surface area contributed by atoms with Crippen LogP contribution in [0.25, 0.3) is 71.2 Å². The summed E-state index contributed by atoms with van der Waals surface area (Å²) in [6.07, 6.45) is 3.87. The molecule has 2 aliphatic rings. The molecule has 0 saturated carbocycles. The SMILES string of the molecule is [C-]#[N+]c1ccc2c(c1)c1ccccc1n2-c1cnc2c(c1)C1(c3ccccc3Sc3cc(-n4c5ccccc5c5ccccc54)ccc31)c1cccnc1-2. The van der Waals surface area contributed by atoms with E-state index in [-0.39, 0.29) is 0 Å². The zero-order valence-corrected chi connectivity index (χ0v) is 29.5. The molecule has 1 atom stereocenters. The van der Waals surface area contributed by atoms with E-state index in [1.165, 1.54) is 42.7 Å². The van der Waals surface area contributed by atoms with Crippen LogP contribution in [0.1, 0.15) is 22.3 Å². The summed E-state index contributed by atoms with van der Waals surface area (Å²) in [5.74, 6) is 0. The van der Waals surface area contributed by atoms with Gasteiger partial charge in [0, 0.05) is 43.4 Å². The predicted octanol–water partition coefficient (Wildman–Crippen LogP) is 12.0. The number of rotatable bonds is 2. The Kier molecular flexibility index (Phi) is 5.92. The molecule has 0 fully saturated rings. The van der Waals surface area contributed by atoms with Crippen molar-refractivity contribution in [2.75, 3.05) is 0 Å². The number of hydrogen-bond acceptors (Lipinski definition) is 3. The second-order valence-electron chi connectivity index (χ2n) is 14.1. The fraction of sp³-hybridized carbons (Fsp3) is 0.0208. The van der Waals surface area contributed by atoms with Gasteiger partial charge >= 0.3 is 0 Å². The topological polar surface area (TPSA) is 40.0 Å². The number of nitrogens with zero attached hydrogens (tertiary/aromatic N) is 5. The normalized spacial score (nSPS) is 15.4. The van der Waals surface area contributed by atoms with Crippen molar-refractivity contribution in [3.63, 3.8) is 0 Å². The van der Waals surface area contributed by atoms with Crippen LogP contribution in [-0.4, -0.2) is 19.1 Å². The molecular formula is C48H27N5S. The van der Waals surface area contributed by atoms with Gasteiger partial charge in [0.15, 0.2) is 5.69 Å². The molecule has 1 aliphatic carbocycles. The van der Waals surface area contributed by atoms with Crippen LogP contribution in [0.4, 0.5) is 5.69 Å². The van der Waals surface area contributed by atoms with E-state index in [9.17, 15) is 0 Å². The van der Waals surface area contributed by atoms with Crippen LogP contribution in [0, 0.1) is 6.57 Å². The summed E-state index contributed by atoms with van der Waals surface area (Å²) < 4.78 is 4.70. The van der Waals surface area contributed by atoms with Gasteiger partial charge in [0.05, 0.1) is 57.3 Å². The largest absolute Gasteiger partial charge is 0.309 e. The molecule has 54 heavy (non-hydrogen) atoms. The van der Waals surface area contributed by atoms with E-state index in [1.807, 2.05) is 36.3 Å². The molecule has 6 aromatic carbocycles. The lowest BCUT2D eigenvalue weighted by Crippen LogP contribution is -2.32. The summed E-state index contributed by atoms with van der Waals surface area (Å²) in [5, 5.41) is 4.67. The van der Waals surface area contributed by atoms with Crippen molar-refractivity contribution in [3.8, 4) is 22.8 Å². The molecule has 6 heteroatoms. The van der Waals surface area contributed by atoms with Gasteiger partial charge in [-0.05, 0) is 82.7 Å². The summed E-state index contributed by atoms with van der Waals surface area (Å²) in [6.45, 7) is 7.70. The number of fused-ring (bicyclic) bond motifs is 15. The lowest BCUT2D eigenvalue weighted by atomic mass is 9.67. The van der Waals surface area contributed by atoms with Gasteiger partial charge in [0.1, 0.15) is 0 Å². The third-order valence-corrected chi connectivity index (χ3v) is 12.6. The summed E-state index contributed by atoms with van der Waals surface area (Å²) in [5.41, 5.74) is 13.2. The molecule has 1 aliphatic heterocycles. The zero-order chi connectivity index (χ0) is 35.5. The summed E-state index contributed by atoms with van der Waals surface area (Å²) in [7, 11) is 0. The fourth-order valence-corrected chi connectivity index (χ4v) is 10.6. The van der Waals surface area contributed by atoms with Crippen LogP contribution in [0.3, 0.4) is 0 Å². The number of aromatic nitrogens is 4. The Morgan fingerprint density at radius 3 is 1.85 bits per heavy atom. The monoisotopic (exact) mass is 705 g/mol. The first-order chi connectivity index (χ1) is 26.7. The zero-order valence-electron chi connectivity index (χ0n) is 28.7. The Morgan fingerprint density at radius 1 is 0.481 bits per heavy atom. The minimum Gasteiger partial charge on any atom is -0.309 e. The molecule has 0 radical (unpaired) electrons. The number of benzene rings is 6. The summed E-state index contributed by atoms with van der Waals surface area (Å²) in [4.78, 5) is 16.5. The molecule has 0 bridgehead atoms. The van der Waals surface area contributed by atoms with Crippen LogP contribution in [0.5, 0.6) is 0 Å². The van der Waals surface area contributed by atoms with E-state index in [1.54, 1.807) is 0 Å². The van der Waals surface area contributed by atoms with Crippen LogP contribution in [0.2, 0.25) is 0 Å². The Labute approximate surface area is 314 Å². The Morgan fingerprint density at radius 2 is 1.09 bits per heavy atom. The predicted molar refractivity (Wildman–Crippen MR) is 218 cm³/mol. The van der Waals surface area contributed by atoms with Crippen LogP contribution < -0.4 is 0 Å². The average molecular weight is 706 g/mol. The highest BCUT2D eigenvalue weighted by Gasteiger charge is 2.51. The van der Waals surface area contributed by atoms with E-state index in [4.69, 9.17) is 16.5 Å². The first kappa shape index (κ1) is 29.6. The number of para-hydroxylation sites is 3. The van der Waals surface area contributed by atoms with Gasteiger partial charge in [0.2, 0.25) is 0 Å². The van der Waals surface area contributed by atoms with Crippen molar-refractivity contribution in [3.05, 3.63) is 198 Å². The molecular weight excluding hydrogens is 679 g/mol. The second kappa shape index (κ2) is 10.8. The van der Waals surface area contributed by atoms with E-state index >= 15 is 0 Å². The van der Waals surface area contributed by atoms with Crippen LogP contribution >= 0.6 is 11.8 Å². The van der Waals surface area contributed by atoms with Gasteiger partial charge in [0.25, 0.3) is 0 Å². The lowest BCUT2D eigenvalue weighted by molar-refractivity contribution is 0.718. The number of pyridine rings is 2. The van der Waals surface area contributed by atoms with Crippen molar-refractivity contribution >= 4 is 61.1 Å². The Hall–Kier alpha value is -6.94. The van der Waals surface area contributed by atoms with Gasteiger partial charge in [-0.15, -0.1) is 0 Å². The van der Waals surface area contributed by atoms with Crippen molar-refractivity contribution in [2.45, 2.75) is 15.2 Å². The van der Waals surface area contributed by atoms with Crippen LogP contribution in [0.15, 0.2) is 174 Å². The molecule has 12 rings (SSSR count). The van der Waals surface area contributed by atoms with Crippen molar-refractivity contribution in [1.29, 1.82) is 0 Å². The van der Waals surface area contributed by atoms with Gasteiger partial charge in [-0.25, -0.2) is 4.85 Å². The van der Waals surface area contributed by atoms with Gasteiger partial charge < -0.3 is 9.13 Å². The van der Waals surface area contributed by atoms with E-state index < -0.39 is 5.41 Å². The van der Waals surface area contributed by atoms with Gasteiger partial charge in [-0.3, -0.25) is 9.97 Å². The summed E-state index contributed by atoms with van der Waals surface area (Å²) >= 11 is 1.84. The third kappa shape index (κ3) is 3.73. The standard InChI is InChI=1S/C48H27N5S/c1-49-29-20-23-43-35(25-29)34-13-4-8-18-42(34)53(43)31-26-39-47(51-28-31)46-38(15-10-24-50-46)48(39)36-14-5-9-19-44(36)54-45-27-30(21-22-37(45)48)52-40-16-6-2-11-32(40)33-12-3-7-17-41(33)52/h2-28H. The third-order valence-electron chi connectivity index (χ3n) is 11.5. The molecule has 250 valence electrons. The van der Waals surface area contributed by atoms with Gasteiger partial charge in [-0.1, -0.05) is 103 Å².